The van der Waals surface area contributed by atoms with E-state index in [1.165, 1.54) is 12.1 Å². The molecule has 1 aliphatic rings. The largest absolute Gasteiger partial charge is 0.335 e. The Kier molecular flexibility index (Phi) is 5.28. The van der Waals surface area contributed by atoms with Crippen LogP contribution in [0.25, 0.3) is 0 Å². The molecule has 4 nitrogen and oxygen atoms in total. The van der Waals surface area contributed by atoms with Crippen molar-refractivity contribution < 1.29 is 9.18 Å². The minimum Gasteiger partial charge on any atom is -0.335 e. The predicted octanol–water partition coefficient (Wildman–Crippen LogP) is 3.61. The third-order valence-electron chi connectivity index (χ3n) is 4.77. The molecule has 0 saturated heterocycles. The Hall–Kier alpha value is -2.17. The molecule has 1 aliphatic carbocycles. The van der Waals surface area contributed by atoms with Gasteiger partial charge in [-0.15, -0.1) is 0 Å². The van der Waals surface area contributed by atoms with Crippen molar-refractivity contribution in [3.63, 3.8) is 0 Å². The van der Waals surface area contributed by atoms with Gasteiger partial charge in [-0.25, -0.2) is 9.37 Å². The molecule has 24 heavy (non-hydrogen) atoms. The van der Waals surface area contributed by atoms with E-state index in [0.717, 1.165) is 37.1 Å². The standard InChI is InChI=1S/C19H24FN3O/c1-2-22(19(24)16-7-3-4-8-16)14-18-21-10-11-23(18)13-15-6-5-9-17(20)12-15/h5-6,9-12,16H,2-4,7-8,13-14H2,1H3. The van der Waals surface area contributed by atoms with Crippen LogP contribution in [0.15, 0.2) is 36.7 Å². The lowest BCUT2D eigenvalue weighted by Crippen LogP contribution is -2.35. The van der Waals surface area contributed by atoms with Crippen molar-refractivity contribution in [1.82, 2.24) is 14.5 Å². The topological polar surface area (TPSA) is 38.1 Å². The van der Waals surface area contributed by atoms with Crippen LogP contribution in [-0.2, 0) is 17.9 Å². The molecule has 2 aromatic rings. The summed E-state index contributed by atoms with van der Waals surface area (Å²) in [6, 6.07) is 6.58. The number of hydrogen-bond acceptors (Lipinski definition) is 2. The third kappa shape index (κ3) is 3.83. The minimum atomic E-state index is -0.235. The Labute approximate surface area is 142 Å². The summed E-state index contributed by atoms with van der Waals surface area (Å²) in [5.41, 5.74) is 0.888. The van der Waals surface area contributed by atoms with Crippen LogP contribution in [0.3, 0.4) is 0 Å². The highest BCUT2D eigenvalue weighted by Crippen LogP contribution is 2.27. The zero-order valence-electron chi connectivity index (χ0n) is 14.1. The van der Waals surface area contributed by atoms with Gasteiger partial charge in [0.05, 0.1) is 6.54 Å². The number of aromatic nitrogens is 2. The van der Waals surface area contributed by atoms with E-state index in [1.807, 2.05) is 28.7 Å². The SMILES string of the molecule is CCN(Cc1nccn1Cc1cccc(F)c1)C(=O)C1CCCC1. The van der Waals surface area contributed by atoms with E-state index in [4.69, 9.17) is 0 Å². The second-order valence-electron chi connectivity index (χ2n) is 6.44. The number of carbonyl (C=O) groups excluding carboxylic acids is 1. The second kappa shape index (κ2) is 7.60. The second-order valence-corrected chi connectivity index (χ2v) is 6.44. The van der Waals surface area contributed by atoms with Gasteiger partial charge in [-0.05, 0) is 37.5 Å². The van der Waals surface area contributed by atoms with E-state index >= 15 is 0 Å². The van der Waals surface area contributed by atoms with Crippen molar-refractivity contribution in [1.29, 1.82) is 0 Å². The molecule has 128 valence electrons. The van der Waals surface area contributed by atoms with E-state index in [0.29, 0.717) is 19.6 Å². The quantitative estimate of drug-likeness (QED) is 0.812. The third-order valence-corrected chi connectivity index (χ3v) is 4.77. The monoisotopic (exact) mass is 329 g/mol. The van der Waals surface area contributed by atoms with Crippen molar-refractivity contribution in [3.8, 4) is 0 Å². The Morgan fingerprint density at radius 3 is 2.88 bits per heavy atom. The number of nitrogens with zero attached hydrogens (tertiary/aromatic N) is 3. The Bertz CT molecular complexity index is 691. The summed E-state index contributed by atoms with van der Waals surface area (Å²) in [7, 11) is 0. The maximum absolute atomic E-state index is 13.4. The number of rotatable bonds is 6. The molecule has 5 heteroatoms. The molecule has 0 N–H and O–H groups in total. The van der Waals surface area contributed by atoms with Gasteiger partial charge in [0.1, 0.15) is 11.6 Å². The van der Waals surface area contributed by atoms with Gasteiger partial charge in [0.25, 0.3) is 0 Å². The lowest BCUT2D eigenvalue weighted by atomic mass is 10.1. The summed E-state index contributed by atoms with van der Waals surface area (Å²) in [4.78, 5) is 19.0. The average molecular weight is 329 g/mol. The summed E-state index contributed by atoms with van der Waals surface area (Å²) >= 11 is 0. The minimum absolute atomic E-state index is 0.177. The zero-order valence-corrected chi connectivity index (χ0v) is 14.1. The molecule has 1 aromatic heterocycles. The van der Waals surface area contributed by atoms with Crippen LogP contribution >= 0.6 is 0 Å². The predicted molar refractivity (Wildman–Crippen MR) is 90.8 cm³/mol. The number of hydrogen-bond donors (Lipinski definition) is 0. The van der Waals surface area contributed by atoms with Gasteiger partial charge < -0.3 is 9.47 Å². The molecular formula is C19H24FN3O. The van der Waals surface area contributed by atoms with Crippen LogP contribution in [0, 0.1) is 11.7 Å². The van der Waals surface area contributed by atoms with Crippen molar-refractivity contribution in [2.75, 3.05) is 6.54 Å². The molecule has 0 spiro atoms. The molecule has 1 fully saturated rings. The van der Waals surface area contributed by atoms with Crippen LogP contribution in [0.5, 0.6) is 0 Å². The van der Waals surface area contributed by atoms with E-state index < -0.39 is 0 Å². The number of imidazole rings is 1. The molecule has 0 unspecified atom stereocenters. The number of carbonyl (C=O) groups is 1. The Morgan fingerprint density at radius 2 is 2.17 bits per heavy atom. The summed E-state index contributed by atoms with van der Waals surface area (Å²) in [5, 5.41) is 0. The van der Waals surface area contributed by atoms with Gasteiger partial charge in [0, 0.05) is 31.4 Å². The average Bonchev–Trinajstić information content (AvgIpc) is 3.24. The summed E-state index contributed by atoms with van der Waals surface area (Å²) in [5.74, 6) is 1.03. The fraction of sp³-hybridized carbons (Fsp3) is 0.474. The number of benzene rings is 1. The summed E-state index contributed by atoms with van der Waals surface area (Å²) in [6.45, 7) is 3.76. The first-order chi connectivity index (χ1) is 11.7. The highest BCUT2D eigenvalue weighted by molar-refractivity contribution is 5.79. The van der Waals surface area contributed by atoms with Gasteiger partial charge in [-0.2, -0.15) is 0 Å². The van der Waals surface area contributed by atoms with Crippen LogP contribution < -0.4 is 0 Å². The van der Waals surface area contributed by atoms with Crippen molar-refractivity contribution in [3.05, 3.63) is 53.9 Å². The normalized spacial score (nSPS) is 14.9. The highest BCUT2D eigenvalue weighted by atomic mass is 19.1. The molecule has 0 bridgehead atoms. The molecule has 0 aliphatic heterocycles. The first-order valence-electron chi connectivity index (χ1n) is 8.70. The molecular weight excluding hydrogens is 305 g/mol. The van der Waals surface area contributed by atoms with Gasteiger partial charge in [0.15, 0.2) is 0 Å². The fourth-order valence-corrected chi connectivity index (χ4v) is 3.41. The van der Waals surface area contributed by atoms with Crippen molar-refractivity contribution in [2.45, 2.75) is 45.7 Å². The van der Waals surface area contributed by atoms with Gasteiger partial charge in [-0.3, -0.25) is 4.79 Å². The molecule has 1 amide bonds. The van der Waals surface area contributed by atoms with Gasteiger partial charge in [-0.1, -0.05) is 25.0 Å². The Morgan fingerprint density at radius 1 is 1.38 bits per heavy atom. The van der Waals surface area contributed by atoms with E-state index in [2.05, 4.69) is 4.98 Å². The highest BCUT2D eigenvalue weighted by Gasteiger charge is 2.27. The summed E-state index contributed by atoms with van der Waals surface area (Å²) < 4.78 is 15.3. The van der Waals surface area contributed by atoms with Crippen LogP contribution in [0.4, 0.5) is 4.39 Å². The Balaban J connectivity index is 1.70. The maximum atomic E-state index is 13.4. The maximum Gasteiger partial charge on any atom is 0.226 e. The molecule has 1 heterocycles. The first-order valence-corrected chi connectivity index (χ1v) is 8.70. The molecule has 1 aromatic carbocycles. The first kappa shape index (κ1) is 16.7. The smallest absolute Gasteiger partial charge is 0.226 e. The number of halogens is 1. The zero-order chi connectivity index (χ0) is 16.9. The van der Waals surface area contributed by atoms with Crippen LogP contribution in [0.2, 0.25) is 0 Å². The van der Waals surface area contributed by atoms with E-state index in [1.54, 1.807) is 12.3 Å². The van der Waals surface area contributed by atoms with Gasteiger partial charge >= 0.3 is 0 Å². The van der Waals surface area contributed by atoms with E-state index in [-0.39, 0.29) is 17.6 Å². The lowest BCUT2D eigenvalue weighted by Gasteiger charge is -2.24. The van der Waals surface area contributed by atoms with Crippen LogP contribution in [0.1, 0.15) is 44.0 Å². The molecule has 1 saturated carbocycles. The van der Waals surface area contributed by atoms with Crippen molar-refractivity contribution in [2.24, 2.45) is 5.92 Å². The van der Waals surface area contributed by atoms with Crippen LogP contribution in [-0.4, -0.2) is 26.9 Å². The fourth-order valence-electron chi connectivity index (χ4n) is 3.41. The van der Waals surface area contributed by atoms with Crippen molar-refractivity contribution >= 4 is 5.91 Å². The summed E-state index contributed by atoms with van der Waals surface area (Å²) in [6.07, 6.45) is 7.95. The molecule has 3 rings (SSSR count). The lowest BCUT2D eigenvalue weighted by molar-refractivity contribution is -0.135. The molecule has 0 atom stereocenters. The molecule has 0 radical (unpaired) electrons. The number of amides is 1. The van der Waals surface area contributed by atoms with Gasteiger partial charge in [0.2, 0.25) is 5.91 Å². The van der Waals surface area contributed by atoms with E-state index in [9.17, 15) is 9.18 Å².